The van der Waals surface area contributed by atoms with Crippen LogP contribution in [0.1, 0.15) is 25.3 Å². The minimum atomic E-state index is 0.168. The zero-order valence-electron chi connectivity index (χ0n) is 9.36. The molecular weight excluding hydrogens is 210 g/mol. The molecule has 0 aliphatic heterocycles. The number of nitrogens with zero attached hydrogens (tertiary/aromatic N) is 2. The Balaban J connectivity index is 2.74. The molecule has 0 atom stereocenters. The highest BCUT2D eigenvalue weighted by atomic mass is 32.1. The molecule has 5 heteroatoms. The number of aliphatic hydroxyl groups excluding tert-OH is 1. The maximum Gasteiger partial charge on any atom is 0.142 e. The van der Waals surface area contributed by atoms with Crippen molar-refractivity contribution in [1.29, 1.82) is 0 Å². The van der Waals surface area contributed by atoms with Crippen LogP contribution in [0.2, 0.25) is 0 Å². The van der Waals surface area contributed by atoms with E-state index in [0.29, 0.717) is 12.4 Å². The Hall–Kier alpha value is -0.810. The average Bonchev–Trinajstić information content (AvgIpc) is 2.55. The van der Waals surface area contributed by atoms with E-state index in [9.17, 15) is 0 Å². The van der Waals surface area contributed by atoms with Crippen molar-refractivity contribution in [2.24, 2.45) is 0 Å². The van der Waals surface area contributed by atoms with Crippen LogP contribution in [0.25, 0.3) is 0 Å². The van der Waals surface area contributed by atoms with Gasteiger partial charge in [0.25, 0.3) is 0 Å². The van der Waals surface area contributed by atoms with Crippen molar-refractivity contribution >= 4 is 22.4 Å². The van der Waals surface area contributed by atoms with Gasteiger partial charge in [0, 0.05) is 18.7 Å². The van der Waals surface area contributed by atoms with Crippen LogP contribution in [0, 0.1) is 6.92 Å². The van der Waals surface area contributed by atoms with Crippen molar-refractivity contribution in [2.75, 3.05) is 30.3 Å². The van der Waals surface area contributed by atoms with E-state index in [1.807, 2.05) is 6.92 Å². The molecule has 4 nitrogen and oxygen atoms in total. The normalized spacial score (nSPS) is 10.6. The van der Waals surface area contributed by atoms with E-state index in [1.165, 1.54) is 11.5 Å². The largest absolute Gasteiger partial charge is 0.395 e. The summed E-state index contributed by atoms with van der Waals surface area (Å²) in [6, 6.07) is 0. The van der Waals surface area contributed by atoms with Gasteiger partial charge in [-0.25, -0.2) is 0 Å². The SMILES string of the molecule is CCCCN(CCO)c1snc(N)c1C. The van der Waals surface area contributed by atoms with Gasteiger partial charge < -0.3 is 15.7 Å². The average molecular weight is 229 g/mol. The summed E-state index contributed by atoms with van der Waals surface area (Å²) in [5, 5.41) is 10.1. The Morgan fingerprint density at radius 1 is 1.47 bits per heavy atom. The minimum absolute atomic E-state index is 0.168. The first-order valence-electron chi connectivity index (χ1n) is 5.28. The molecule has 0 spiro atoms. The number of aliphatic hydroxyl groups is 1. The molecule has 86 valence electrons. The Kier molecular flexibility index (Phi) is 4.84. The second-order valence-corrected chi connectivity index (χ2v) is 4.31. The molecule has 1 aromatic heterocycles. The van der Waals surface area contributed by atoms with Crippen molar-refractivity contribution in [3.8, 4) is 0 Å². The number of unbranched alkanes of at least 4 members (excludes halogenated alkanes) is 1. The van der Waals surface area contributed by atoms with E-state index in [1.54, 1.807) is 0 Å². The summed E-state index contributed by atoms with van der Waals surface area (Å²) in [6.45, 7) is 5.92. The predicted molar refractivity (Wildman–Crippen MR) is 65.5 cm³/mol. The molecule has 0 aliphatic rings. The standard InChI is InChI=1S/C10H19N3OS/c1-3-4-5-13(6-7-14)10-8(2)9(11)12-15-10/h14H,3-7H2,1-2H3,(H2,11,12). The lowest BCUT2D eigenvalue weighted by molar-refractivity contribution is 0.302. The van der Waals surface area contributed by atoms with Crippen LogP contribution in [0.4, 0.5) is 10.8 Å². The molecule has 0 amide bonds. The summed E-state index contributed by atoms with van der Waals surface area (Å²) in [6.07, 6.45) is 2.27. The van der Waals surface area contributed by atoms with Gasteiger partial charge in [0.15, 0.2) is 0 Å². The van der Waals surface area contributed by atoms with Crippen molar-refractivity contribution in [3.63, 3.8) is 0 Å². The van der Waals surface area contributed by atoms with Gasteiger partial charge in [-0.3, -0.25) is 0 Å². The lowest BCUT2D eigenvalue weighted by Gasteiger charge is -2.22. The summed E-state index contributed by atoms with van der Waals surface area (Å²) >= 11 is 1.41. The first-order chi connectivity index (χ1) is 7.20. The lowest BCUT2D eigenvalue weighted by atomic mass is 10.3. The highest BCUT2D eigenvalue weighted by Crippen LogP contribution is 2.29. The third kappa shape index (κ3) is 3.07. The van der Waals surface area contributed by atoms with Crippen LogP contribution in [-0.4, -0.2) is 29.2 Å². The molecule has 0 saturated heterocycles. The zero-order valence-corrected chi connectivity index (χ0v) is 10.2. The van der Waals surface area contributed by atoms with Gasteiger partial charge in [-0.1, -0.05) is 13.3 Å². The number of nitrogens with two attached hydrogens (primary N) is 1. The van der Waals surface area contributed by atoms with E-state index in [-0.39, 0.29) is 6.61 Å². The van der Waals surface area contributed by atoms with Gasteiger partial charge in [-0.05, 0) is 24.9 Å². The van der Waals surface area contributed by atoms with Crippen LogP contribution >= 0.6 is 11.5 Å². The first-order valence-corrected chi connectivity index (χ1v) is 6.05. The second-order valence-electron chi connectivity index (χ2n) is 3.56. The zero-order chi connectivity index (χ0) is 11.3. The molecule has 3 N–H and O–H groups in total. The molecule has 0 aliphatic carbocycles. The second kappa shape index (κ2) is 5.92. The molecule has 0 unspecified atom stereocenters. The van der Waals surface area contributed by atoms with Crippen LogP contribution in [0.15, 0.2) is 0 Å². The number of anilines is 2. The quantitative estimate of drug-likeness (QED) is 0.778. The molecule has 0 fully saturated rings. The molecule has 1 rings (SSSR count). The molecule has 15 heavy (non-hydrogen) atoms. The number of hydrogen-bond acceptors (Lipinski definition) is 5. The number of nitrogen functional groups attached to an aromatic ring is 1. The van der Waals surface area contributed by atoms with Gasteiger partial charge in [0.05, 0.1) is 6.61 Å². The molecule has 1 aromatic rings. The Morgan fingerprint density at radius 3 is 2.67 bits per heavy atom. The van der Waals surface area contributed by atoms with E-state index < -0.39 is 0 Å². The van der Waals surface area contributed by atoms with Crippen molar-refractivity contribution in [1.82, 2.24) is 4.37 Å². The highest BCUT2D eigenvalue weighted by Gasteiger charge is 2.13. The summed E-state index contributed by atoms with van der Waals surface area (Å²) in [7, 11) is 0. The van der Waals surface area contributed by atoms with Gasteiger partial charge in [-0.2, -0.15) is 4.37 Å². The van der Waals surface area contributed by atoms with Crippen molar-refractivity contribution in [3.05, 3.63) is 5.56 Å². The van der Waals surface area contributed by atoms with E-state index >= 15 is 0 Å². The van der Waals surface area contributed by atoms with E-state index in [2.05, 4.69) is 16.2 Å². The Labute approximate surface area is 94.9 Å². The Bertz CT molecular complexity index is 301. The molecule has 0 saturated carbocycles. The number of aromatic nitrogens is 1. The molecule has 0 bridgehead atoms. The van der Waals surface area contributed by atoms with Crippen LogP contribution in [0.5, 0.6) is 0 Å². The monoisotopic (exact) mass is 229 g/mol. The van der Waals surface area contributed by atoms with Crippen molar-refractivity contribution in [2.45, 2.75) is 26.7 Å². The van der Waals surface area contributed by atoms with Gasteiger partial charge in [0.2, 0.25) is 0 Å². The number of hydrogen-bond donors (Lipinski definition) is 2. The van der Waals surface area contributed by atoms with Crippen LogP contribution in [-0.2, 0) is 0 Å². The molecule has 0 radical (unpaired) electrons. The molecule has 0 aromatic carbocycles. The molecular formula is C10H19N3OS. The smallest absolute Gasteiger partial charge is 0.142 e. The lowest BCUT2D eigenvalue weighted by Crippen LogP contribution is -2.27. The van der Waals surface area contributed by atoms with Crippen molar-refractivity contribution < 1.29 is 5.11 Å². The van der Waals surface area contributed by atoms with Gasteiger partial charge in [0.1, 0.15) is 10.8 Å². The van der Waals surface area contributed by atoms with Crippen LogP contribution in [0.3, 0.4) is 0 Å². The molecule has 1 heterocycles. The summed E-state index contributed by atoms with van der Waals surface area (Å²) in [5.41, 5.74) is 6.75. The fourth-order valence-corrected chi connectivity index (χ4v) is 2.28. The maximum absolute atomic E-state index is 9.01. The summed E-state index contributed by atoms with van der Waals surface area (Å²) in [4.78, 5) is 2.16. The van der Waals surface area contributed by atoms with E-state index in [4.69, 9.17) is 10.8 Å². The predicted octanol–water partition coefficient (Wildman–Crippen LogP) is 1.63. The van der Waals surface area contributed by atoms with E-state index in [0.717, 1.165) is 30.0 Å². The number of rotatable bonds is 6. The van der Waals surface area contributed by atoms with Crippen LogP contribution < -0.4 is 10.6 Å². The fourth-order valence-electron chi connectivity index (χ4n) is 1.42. The third-order valence-corrected chi connectivity index (χ3v) is 3.40. The summed E-state index contributed by atoms with van der Waals surface area (Å²) in [5.74, 6) is 0.606. The third-order valence-electron chi connectivity index (χ3n) is 2.37. The topological polar surface area (TPSA) is 62.4 Å². The maximum atomic E-state index is 9.01. The van der Waals surface area contributed by atoms with Gasteiger partial charge in [-0.15, -0.1) is 0 Å². The minimum Gasteiger partial charge on any atom is -0.395 e. The highest BCUT2D eigenvalue weighted by molar-refractivity contribution is 7.10. The fraction of sp³-hybridized carbons (Fsp3) is 0.700. The first kappa shape index (κ1) is 12.3. The summed E-state index contributed by atoms with van der Waals surface area (Å²) < 4.78 is 4.12. The van der Waals surface area contributed by atoms with Gasteiger partial charge >= 0.3 is 0 Å². The Morgan fingerprint density at radius 2 is 2.20 bits per heavy atom.